The summed E-state index contributed by atoms with van der Waals surface area (Å²) in [7, 11) is 0. The molecule has 1 unspecified atom stereocenters. The van der Waals surface area contributed by atoms with Crippen LogP contribution in [-0.4, -0.2) is 22.1 Å². The van der Waals surface area contributed by atoms with Gasteiger partial charge in [-0.05, 0) is 5.57 Å². The fraction of sp³-hybridized carbons (Fsp3) is 0.545. The van der Waals surface area contributed by atoms with Crippen LogP contribution in [0.4, 0.5) is 0 Å². The number of Topliss-reactive ketones (excluding diaryl/α,β-unsaturated/α-hetero) is 1. The summed E-state index contributed by atoms with van der Waals surface area (Å²) in [6.07, 6.45) is 0.649. The van der Waals surface area contributed by atoms with Gasteiger partial charge in [0.2, 0.25) is 0 Å². The van der Waals surface area contributed by atoms with Crippen LogP contribution in [0.3, 0.4) is 0 Å². The Morgan fingerprint density at radius 1 is 1.33 bits per heavy atom. The molecule has 3 nitrogen and oxygen atoms in total. The Kier molecular flexibility index (Phi) is 2.76. The number of halogens is 4. The molecule has 18 heavy (non-hydrogen) atoms. The van der Waals surface area contributed by atoms with Crippen molar-refractivity contribution in [3.8, 4) is 0 Å². The van der Waals surface area contributed by atoms with Gasteiger partial charge in [0.1, 0.15) is 4.87 Å². The van der Waals surface area contributed by atoms with E-state index in [0.717, 1.165) is 5.70 Å². The summed E-state index contributed by atoms with van der Waals surface area (Å²) in [6, 6.07) is 0. The van der Waals surface area contributed by atoms with Crippen molar-refractivity contribution in [3.63, 3.8) is 0 Å². The zero-order valence-electron chi connectivity index (χ0n) is 9.32. The van der Waals surface area contributed by atoms with Crippen molar-refractivity contribution in [1.82, 2.24) is 5.48 Å². The first-order chi connectivity index (χ1) is 8.36. The smallest absolute Gasteiger partial charge is 0.190 e. The SMILES string of the molecule is CC1C(=C2CCON2)[C@]2(Cl)C(=O)[C@@]1(Cl)C(Cl)=C2Cl. The molecular formula is C11H9Cl4NO2. The van der Waals surface area contributed by atoms with E-state index in [1.54, 1.807) is 0 Å². The Morgan fingerprint density at radius 2 is 2.00 bits per heavy atom. The first-order valence-corrected chi connectivity index (χ1v) is 6.97. The Balaban J connectivity index is 2.29. The van der Waals surface area contributed by atoms with Crippen molar-refractivity contribution < 1.29 is 9.63 Å². The lowest BCUT2D eigenvalue weighted by Crippen LogP contribution is -2.33. The largest absolute Gasteiger partial charge is 0.294 e. The molecule has 0 radical (unpaired) electrons. The maximum atomic E-state index is 12.4. The van der Waals surface area contributed by atoms with Crippen molar-refractivity contribution in [2.45, 2.75) is 23.1 Å². The minimum Gasteiger partial charge on any atom is -0.294 e. The van der Waals surface area contributed by atoms with E-state index in [1.165, 1.54) is 0 Å². The minimum atomic E-state index is -1.43. The molecular weight excluding hydrogens is 320 g/mol. The van der Waals surface area contributed by atoms with Crippen LogP contribution in [0.2, 0.25) is 0 Å². The van der Waals surface area contributed by atoms with Gasteiger partial charge in [-0.25, -0.2) is 0 Å². The highest BCUT2D eigenvalue weighted by Crippen LogP contribution is 2.65. The molecule has 1 saturated carbocycles. The van der Waals surface area contributed by atoms with E-state index in [-0.39, 0.29) is 21.8 Å². The van der Waals surface area contributed by atoms with E-state index in [4.69, 9.17) is 51.2 Å². The van der Waals surface area contributed by atoms with Gasteiger partial charge in [-0.15, -0.1) is 11.6 Å². The van der Waals surface area contributed by atoms with E-state index in [0.29, 0.717) is 18.6 Å². The van der Waals surface area contributed by atoms with Gasteiger partial charge in [0.05, 0.1) is 16.7 Å². The number of fused-ring (bicyclic) bond motifs is 2. The van der Waals surface area contributed by atoms with Gasteiger partial charge in [0, 0.05) is 18.0 Å². The average Bonchev–Trinajstić information content (AvgIpc) is 2.94. The van der Waals surface area contributed by atoms with Crippen molar-refractivity contribution >= 4 is 52.2 Å². The molecule has 3 aliphatic rings. The average molecular weight is 329 g/mol. The van der Waals surface area contributed by atoms with Crippen molar-refractivity contribution in [3.05, 3.63) is 21.3 Å². The fourth-order valence-electron chi connectivity index (χ4n) is 2.89. The summed E-state index contributed by atoms with van der Waals surface area (Å²) < 4.78 is 0. The molecule has 3 rings (SSSR count). The van der Waals surface area contributed by atoms with Crippen molar-refractivity contribution in [2.75, 3.05) is 6.61 Å². The van der Waals surface area contributed by atoms with Crippen LogP contribution in [0.15, 0.2) is 21.3 Å². The molecule has 1 saturated heterocycles. The molecule has 1 aliphatic heterocycles. The van der Waals surface area contributed by atoms with Gasteiger partial charge < -0.3 is 0 Å². The third-order valence-corrected chi connectivity index (χ3v) is 6.34. The predicted octanol–water partition coefficient (Wildman–Crippen LogP) is 3.04. The first-order valence-electron chi connectivity index (χ1n) is 5.46. The molecule has 7 heteroatoms. The highest BCUT2D eigenvalue weighted by atomic mass is 35.5. The summed E-state index contributed by atoms with van der Waals surface area (Å²) in [5, 5.41) is 0.252. The van der Waals surface area contributed by atoms with E-state index in [9.17, 15) is 4.79 Å². The number of hydrogen-bond donors (Lipinski definition) is 1. The number of carbonyl (C=O) groups excluding carboxylic acids is 1. The number of alkyl halides is 2. The summed E-state index contributed by atoms with van der Waals surface area (Å²) >= 11 is 25.1. The maximum absolute atomic E-state index is 12.4. The van der Waals surface area contributed by atoms with Crippen LogP contribution >= 0.6 is 46.4 Å². The second-order valence-electron chi connectivity index (χ2n) is 4.64. The second-order valence-corrected chi connectivity index (χ2v) is 6.56. The van der Waals surface area contributed by atoms with E-state index >= 15 is 0 Å². The van der Waals surface area contributed by atoms with Gasteiger partial charge in [-0.2, -0.15) is 0 Å². The molecule has 98 valence electrons. The number of hydroxylamine groups is 1. The van der Waals surface area contributed by atoms with Crippen LogP contribution in [0, 0.1) is 5.92 Å². The zero-order valence-corrected chi connectivity index (χ0v) is 12.3. The Labute approximate surface area is 124 Å². The lowest BCUT2D eigenvalue weighted by molar-refractivity contribution is -0.119. The number of rotatable bonds is 0. The molecule has 0 aromatic carbocycles. The first kappa shape index (κ1) is 13.1. The Bertz CT molecular complexity index is 521. The summed E-state index contributed by atoms with van der Waals surface area (Å²) in [4.78, 5) is 14.7. The van der Waals surface area contributed by atoms with Gasteiger partial charge in [0.25, 0.3) is 0 Å². The van der Waals surface area contributed by atoms with E-state index in [1.807, 2.05) is 6.92 Å². The number of nitrogens with one attached hydrogen (secondary N) is 1. The maximum Gasteiger partial charge on any atom is 0.190 e. The summed E-state index contributed by atoms with van der Waals surface area (Å²) in [5.41, 5.74) is 4.22. The lowest BCUT2D eigenvalue weighted by atomic mass is 9.87. The third-order valence-electron chi connectivity index (χ3n) is 3.83. The summed E-state index contributed by atoms with van der Waals surface area (Å²) in [5.74, 6) is -0.680. The van der Waals surface area contributed by atoms with E-state index < -0.39 is 9.75 Å². The number of allylic oxidation sites excluding steroid dienone is 3. The topological polar surface area (TPSA) is 38.3 Å². The fourth-order valence-corrected chi connectivity index (χ4v) is 4.63. The molecule has 1 heterocycles. The molecule has 1 N–H and O–H groups in total. The highest BCUT2D eigenvalue weighted by Gasteiger charge is 2.72. The molecule has 2 bridgehead atoms. The van der Waals surface area contributed by atoms with E-state index in [2.05, 4.69) is 5.48 Å². The number of hydrogen-bond acceptors (Lipinski definition) is 3. The number of carbonyl (C=O) groups is 1. The van der Waals surface area contributed by atoms with Crippen LogP contribution in [0.5, 0.6) is 0 Å². The molecule has 2 aliphatic carbocycles. The van der Waals surface area contributed by atoms with Gasteiger partial charge >= 0.3 is 0 Å². The zero-order chi connectivity index (χ0) is 13.3. The molecule has 0 aromatic heterocycles. The second kappa shape index (κ2) is 3.80. The van der Waals surface area contributed by atoms with Crippen LogP contribution in [0.1, 0.15) is 13.3 Å². The molecule has 0 amide bonds. The normalized spacial score (nSPS) is 47.2. The van der Waals surface area contributed by atoms with Crippen LogP contribution in [0.25, 0.3) is 0 Å². The predicted molar refractivity (Wildman–Crippen MR) is 70.8 cm³/mol. The molecule has 0 spiro atoms. The lowest BCUT2D eigenvalue weighted by Gasteiger charge is -2.29. The van der Waals surface area contributed by atoms with Crippen molar-refractivity contribution in [1.29, 1.82) is 0 Å². The summed E-state index contributed by atoms with van der Waals surface area (Å²) in [6.45, 7) is 2.35. The Hall–Kier alpha value is 0.0700. The Morgan fingerprint density at radius 3 is 2.50 bits per heavy atom. The van der Waals surface area contributed by atoms with Crippen LogP contribution < -0.4 is 5.48 Å². The molecule has 0 aromatic rings. The minimum absolute atomic E-state index is 0.111. The van der Waals surface area contributed by atoms with Crippen molar-refractivity contribution in [2.24, 2.45) is 5.92 Å². The third kappa shape index (κ3) is 1.20. The quantitative estimate of drug-likeness (QED) is 0.695. The number of ketones is 1. The monoisotopic (exact) mass is 327 g/mol. The molecule has 3 atom stereocenters. The van der Waals surface area contributed by atoms with Gasteiger partial charge in [-0.1, -0.05) is 41.7 Å². The van der Waals surface area contributed by atoms with Gasteiger partial charge in [-0.3, -0.25) is 15.1 Å². The standard InChI is InChI=1S/C11H9Cl4NO2/c1-4-6(5-2-3-18-16-5)11(15)8(13)7(12)10(4,14)9(11)17/h4,16H,2-3H2,1H3/t4?,10-,11+/m0/s1. The van der Waals surface area contributed by atoms with Gasteiger partial charge in [0.15, 0.2) is 10.7 Å². The van der Waals surface area contributed by atoms with Crippen LogP contribution in [-0.2, 0) is 9.63 Å². The highest BCUT2D eigenvalue weighted by molar-refractivity contribution is 6.64. The molecule has 2 fully saturated rings.